The third-order valence-corrected chi connectivity index (χ3v) is 6.97. The summed E-state index contributed by atoms with van der Waals surface area (Å²) in [6, 6.07) is 14.8. The molecular formula is C24H23ClN4O4S. The Kier molecular flexibility index (Phi) is 6.64. The smallest absolute Gasteiger partial charge is 0.267 e. The molecule has 1 fully saturated rings. The van der Waals surface area contributed by atoms with Crippen LogP contribution in [0.3, 0.4) is 0 Å². The summed E-state index contributed by atoms with van der Waals surface area (Å²) in [6.45, 7) is 2.10. The maximum Gasteiger partial charge on any atom is 0.267 e. The molecule has 0 N–H and O–H groups in total. The van der Waals surface area contributed by atoms with Crippen LogP contribution < -0.4 is 9.47 Å². The fraction of sp³-hybridized carbons (Fsp3) is 0.292. The van der Waals surface area contributed by atoms with Crippen molar-refractivity contribution in [1.29, 1.82) is 0 Å². The van der Waals surface area contributed by atoms with E-state index in [1.54, 1.807) is 22.1 Å². The molecule has 2 amide bonds. The lowest BCUT2D eigenvalue weighted by atomic mass is 10.2. The average Bonchev–Trinajstić information content (AvgIpc) is 3.36. The van der Waals surface area contributed by atoms with Crippen molar-refractivity contribution >= 4 is 35.2 Å². The summed E-state index contributed by atoms with van der Waals surface area (Å²) in [5.74, 6) is 1.41. The van der Waals surface area contributed by atoms with Crippen LogP contribution in [-0.2, 0) is 9.59 Å². The van der Waals surface area contributed by atoms with Gasteiger partial charge in [0.05, 0.1) is 5.75 Å². The minimum atomic E-state index is -0.667. The summed E-state index contributed by atoms with van der Waals surface area (Å²) in [6.07, 6.45) is 2.90. The number of fused-ring (bicyclic) bond motifs is 1. The SMILES string of the molecule is O=C(CSc1nccn1-c1ccc(Cl)cc1)N1CCN(C(=O)[C@@H]2COc3ccccc3O2)CC1. The Balaban J connectivity index is 1.12. The van der Waals surface area contributed by atoms with Gasteiger partial charge in [-0.2, -0.15) is 0 Å². The van der Waals surface area contributed by atoms with Crippen molar-refractivity contribution in [2.45, 2.75) is 11.3 Å². The number of ether oxygens (including phenoxy) is 2. The first-order chi connectivity index (χ1) is 16.6. The number of halogens is 1. The highest BCUT2D eigenvalue weighted by molar-refractivity contribution is 7.99. The van der Waals surface area contributed by atoms with Gasteiger partial charge in [0.2, 0.25) is 12.0 Å². The number of para-hydroxylation sites is 2. The molecule has 0 saturated carbocycles. The van der Waals surface area contributed by atoms with Gasteiger partial charge in [-0.1, -0.05) is 35.5 Å². The maximum atomic E-state index is 12.9. The number of nitrogens with zero attached hydrogens (tertiary/aromatic N) is 4. The van der Waals surface area contributed by atoms with Crippen LogP contribution in [0.4, 0.5) is 0 Å². The number of hydrogen-bond donors (Lipinski definition) is 0. The summed E-state index contributed by atoms with van der Waals surface area (Å²) < 4.78 is 13.4. The number of piperazine rings is 1. The molecule has 2 aromatic carbocycles. The molecule has 2 aliphatic heterocycles. The minimum Gasteiger partial charge on any atom is -0.485 e. The van der Waals surface area contributed by atoms with Crippen LogP contribution >= 0.6 is 23.4 Å². The Morgan fingerprint density at radius 3 is 2.47 bits per heavy atom. The second-order valence-electron chi connectivity index (χ2n) is 7.92. The number of carbonyl (C=O) groups excluding carboxylic acids is 2. The Labute approximate surface area is 206 Å². The fourth-order valence-electron chi connectivity index (χ4n) is 3.93. The van der Waals surface area contributed by atoms with Crippen LogP contribution in [0, 0.1) is 0 Å². The van der Waals surface area contributed by atoms with Gasteiger partial charge >= 0.3 is 0 Å². The molecule has 5 rings (SSSR count). The topological polar surface area (TPSA) is 76.9 Å². The Bertz CT molecular complexity index is 1180. The zero-order valence-electron chi connectivity index (χ0n) is 18.3. The molecule has 1 aromatic heterocycles. The zero-order valence-corrected chi connectivity index (χ0v) is 19.9. The molecule has 176 valence electrons. The van der Waals surface area contributed by atoms with Gasteiger partial charge in [-0.25, -0.2) is 4.98 Å². The molecule has 1 saturated heterocycles. The average molecular weight is 499 g/mol. The summed E-state index contributed by atoms with van der Waals surface area (Å²) in [5, 5.41) is 1.40. The van der Waals surface area contributed by atoms with Crippen molar-refractivity contribution in [2.75, 3.05) is 38.5 Å². The highest BCUT2D eigenvalue weighted by atomic mass is 35.5. The molecule has 8 nitrogen and oxygen atoms in total. The second kappa shape index (κ2) is 9.99. The lowest BCUT2D eigenvalue weighted by Gasteiger charge is -2.37. The first-order valence-corrected chi connectivity index (χ1v) is 12.3. The minimum absolute atomic E-state index is 0.0222. The quantitative estimate of drug-likeness (QED) is 0.503. The van der Waals surface area contributed by atoms with Gasteiger partial charge in [0, 0.05) is 49.3 Å². The molecule has 0 aliphatic carbocycles. The molecule has 1 atom stereocenters. The van der Waals surface area contributed by atoms with Crippen molar-refractivity contribution in [3.8, 4) is 17.2 Å². The predicted molar refractivity (Wildman–Crippen MR) is 129 cm³/mol. The normalized spacial score (nSPS) is 17.5. The summed E-state index contributed by atoms with van der Waals surface area (Å²) in [4.78, 5) is 33.6. The van der Waals surface area contributed by atoms with Crippen LogP contribution in [-0.4, -0.2) is 75.8 Å². The summed E-state index contributed by atoms with van der Waals surface area (Å²) >= 11 is 7.37. The van der Waals surface area contributed by atoms with Gasteiger partial charge in [0.25, 0.3) is 5.91 Å². The molecular weight excluding hydrogens is 476 g/mol. The first kappa shape index (κ1) is 22.6. The van der Waals surface area contributed by atoms with Crippen LogP contribution in [0.1, 0.15) is 0 Å². The van der Waals surface area contributed by atoms with Crippen molar-refractivity contribution in [3.05, 3.63) is 65.9 Å². The fourth-order valence-corrected chi connectivity index (χ4v) is 4.94. The van der Waals surface area contributed by atoms with Gasteiger partial charge < -0.3 is 19.3 Å². The Hall–Kier alpha value is -3.17. The maximum absolute atomic E-state index is 12.9. The lowest BCUT2D eigenvalue weighted by molar-refractivity contribution is -0.145. The molecule has 0 radical (unpaired) electrons. The van der Waals surface area contributed by atoms with Crippen LogP contribution in [0.25, 0.3) is 5.69 Å². The van der Waals surface area contributed by atoms with E-state index in [0.717, 1.165) is 10.8 Å². The van der Waals surface area contributed by atoms with E-state index in [1.807, 2.05) is 53.2 Å². The van der Waals surface area contributed by atoms with E-state index >= 15 is 0 Å². The van der Waals surface area contributed by atoms with Gasteiger partial charge in [-0.3, -0.25) is 14.2 Å². The van der Waals surface area contributed by atoms with E-state index in [9.17, 15) is 9.59 Å². The van der Waals surface area contributed by atoms with Gasteiger partial charge in [-0.05, 0) is 36.4 Å². The number of thioether (sulfide) groups is 1. The van der Waals surface area contributed by atoms with E-state index in [2.05, 4.69) is 4.98 Å². The van der Waals surface area contributed by atoms with Crippen molar-refractivity contribution in [2.24, 2.45) is 0 Å². The molecule has 0 unspecified atom stereocenters. The Morgan fingerprint density at radius 2 is 1.71 bits per heavy atom. The largest absolute Gasteiger partial charge is 0.485 e. The van der Waals surface area contributed by atoms with Gasteiger partial charge in [0.1, 0.15) is 6.61 Å². The highest BCUT2D eigenvalue weighted by Gasteiger charge is 2.33. The third-order valence-electron chi connectivity index (χ3n) is 5.76. The third kappa shape index (κ3) is 4.85. The monoisotopic (exact) mass is 498 g/mol. The molecule has 0 spiro atoms. The van der Waals surface area contributed by atoms with Crippen molar-refractivity contribution in [1.82, 2.24) is 19.4 Å². The zero-order chi connectivity index (χ0) is 23.5. The number of hydrogen-bond acceptors (Lipinski definition) is 6. The van der Waals surface area contributed by atoms with E-state index < -0.39 is 6.10 Å². The van der Waals surface area contributed by atoms with Crippen LogP contribution in [0.5, 0.6) is 11.5 Å². The van der Waals surface area contributed by atoms with E-state index in [0.29, 0.717) is 42.7 Å². The first-order valence-electron chi connectivity index (χ1n) is 11.0. The molecule has 2 aliphatic rings. The van der Waals surface area contributed by atoms with Crippen molar-refractivity contribution < 1.29 is 19.1 Å². The van der Waals surface area contributed by atoms with Crippen LogP contribution in [0.15, 0.2) is 66.1 Å². The van der Waals surface area contributed by atoms with E-state index in [-0.39, 0.29) is 24.2 Å². The summed E-state index contributed by atoms with van der Waals surface area (Å²) in [7, 11) is 0. The number of carbonyl (C=O) groups is 2. The van der Waals surface area contributed by atoms with Crippen LogP contribution in [0.2, 0.25) is 5.02 Å². The number of amides is 2. The molecule has 3 heterocycles. The van der Waals surface area contributed by atoms with Gasteiger partial charge in [-0.15, -0.1) is 0 Å². The van der Waals surface area contributed by atoms with Gasteiger partial charge in [0.15, 0.2) is 16.7 Å². The number of imidazole rings is 1. The lowest BCUT2D eigenvalue weighted by Crippen LogP contribution is -2.55. The number of aromatic nitrogens is 2. The summed E-state index contributed by atoms with van der Waals surface area (Å²) in [5.41, 5.74) is 0.931. The molecule has 10 heteroatoms. The molecule has 34 heavy (non-hydrogen) atoms. The molecule has 3 aromatic rings. The Morgan fingerprint density at radius 1 is 1.00 bits per heavy atom. The van der Waals surface area contributed by atoms with E-state index in [4.69, 9.17) is 21.1 Å². The standard InChI is InChI=1S/C24H23ClN4O4S/c25-17-5-7-18(8-6-17)29-10-9-26-24(29)34-16-22(30)27-11-13-28(14-12-27)23(31)21-15-32-19-3-1-2-4-20(19)33-21/h1-10,21H,11-16H2/t21-/m0/s1. The molecule has 0 bridgehead atoms. The predicted octanol–water partition coefficient (Wildman–Crippen LogP) is 3.13. The second-order valence-corrected chi connectivity index (χ2v) is 9.29. The van der Waals surface area contributed by atoms with Crippen molar-refractivity contribution in [3.63, 3.8) is 0 Å². The van der Waals surface area contributed by atoms with E-state index in [1.165, 1.54) is 11.8 Å². The number of benzene rings is 2. The number of rotatable bonds is 5. The highest BCUT2D eigenvalue weighted by Crippen LogP contribution is 2.31.